The minimum absolute atomic E-state index is 0.00391. The van der Waals surface area contributed by atoms with Gasteiger partial charge in [-0.05, 0) is 36.6 Å². The van der Waals surface area contributed by atoms with Crippen molar-refractivity contribution < 1.29 is 19.1 Å². The number of rotatable bonds is 6. The molecule has 1 aromatic carbocycles. The second kappa shape index (κ2) is 7.76. The fraction of sp³-hybridized carbons (Fsp3) is 0.471. The fourth-order valence-electron chi connectivity index (χ4n) is 2.51. The van der Waals surface area contributed by atoms with Crippen LogP contribution in [0.3, 0.4) is 0 Å². The summed E-state index contributed by atoms with van der Waals surface area (Å²) >= 11 is 0. The van der Waals surface area contributed by atoms with Crippen LogP contribution in [-0.2, 0) is 20.7 Å². The first-order valence-corrected chi connectivity index (χ1v) is 7.87. The molecule has 1 aliphatic heterocycles. The fourth-order valence-corrected chi connectivity index (χ4v) is 2.51. The van der Waals surface area contributed by atoms with Crippen LogP contribution in [0.1, 0.15) is 42.6 Å². The van der Waals surface area contributed by atoms with E-state index < -0.39 is 5.97 Å². The first kappa shape index (κ1) is 17.0. The SMILES string of the molecule is CCCCOC(=O)CNC(=O)c1ccc2c(c1)CCN2C(C)=O. The van der Waals surface area contributed by atoms with Crippen molar-refractivity contribution in [3.8, 4) is 0 Å². The van der Waals surface area contributed by atoms with E-state index in [1.54, 1.807) is 23.1 Å². The standard InChI is InChI=1S/C17H22N2O4/c1-3-4-9-23-16(21)11-18-17(22)14-5-6-15-13(10-14)7-8-19(15)12(2)20/h5-6,10H,3-4,7-9,11H2,1-2H3,(H,18,22). The van der Waals surface area contributed by atoms with Crippen LogP contribution in [0.5, 0.6) is 0 Å². The molecule has 0 radical (unpaired) electrons. The molecular formula is C17H22N2O4. The molecule has 0 fully saturated rings. The Morgan fingerprint density at radius 2 is 2.09 bits per heavy atom. The first-order valence-electron chi connectivity index (χ1n) is 7.87. The third-order valence-corrected chi connectivity index (χ3v) is 3.77. The molecule has 0 atom stereocenters. The van der Waals surface area contributed by atoms with E-state index in [9.17, 15) is 14.4 Å². The highest BCUT2D eigenvalue weighted by molar-refractivity contribution is 5.98. The summed E-state index contributed by atoms with van der Waals surface area (Å²) in [7, 11) is 0. The van der Waals surface area contributed by atoms with Crippen molar-refractivity contribution in [1.82, 2.24) is 5.32 Å². The Hall–Kier alpha value is -2.37. The number of carbonyl (C=O) groups is 3. The van der Waals surface area contributed by atoms with Gasteiger partial charge in [0.25, 0.3) is 5.91 Å². The van der Waals surface area contributed by atoms with Crippen LogP contribution in [0.25, 0.3) is 0 Å². The van der Waals surface area contributed by atoms with Crippen LogP contribution in [-0.4, -0.2) is 37.5 Å². The van der Waals surface area contributed by atoms with Gasteiger partial charge in [-0.1, -0.05) is 13.3 Å². The zero-order valence-corrected chi connectivity index (χ0v) is 13.6. The van der Waals surface area contributed by atoms with Crippen LogP contribution in [0.2, 0.25) is 0 Å². The lowest BCUT2D eigenvalue weighted by Crippen LogP contribution is -2.30. The molecule has 2 rings (SSSR count). The Morgan fingerprint density at radius 3 is 2.78 bits per heavy atom. The lowest BCUT2D eigenvalue weighted by molar-refractivity contribution is -0.142. The second-order valence-corrected chi connectivity index (χ2v) is 5.52. The number of ether oxygens (including phenoxy) is 1. The summed E-state index contributed by atoms with van der Waals surface area (Å²) < 4.78 is 4.99. The Balaban J connectivity index is 1.91. The molecule has 23 heavy (non-hydrogen) atoms. The molecule has 0 aliphatic carbocycles. The van der Waals surface area contributed by atoms with E-state index in [-0.39, 0.29) is 18.4 Å². The van der Waals surface area contributed by atoms with E-state index in [1.165, 1.54) is 6.92 Å². The summed E-state index contributed by atoms with van der Waals surface area (Å²) in [5.41, 5.74) is 2.31. The number of nitrogens with one attached hydrogen (secondary N) is 1. The van der Waals surface area contributed by atoms with Gasteiger partial charge in [0.05, 0.1) is 6.61 Å². The Morgan fingerprint density at radius 1 is 1.30 bits per heavy atom. The van der Waals surface area contributed by atoms with Crippen molar-refractivity contribution in [2.24, 2.45) is 0 Å². The normalized spacial score (nSPS) is 12.7. The molecule has 2 amide bonds. The van der Waals surface area contributed by atoms with Gasteiger partial charge >= 0.3 is 5.97 Å². The number of esters is 1. The van der Waals surface area contributed by atoms with E-state index in [2.05, 4.69) is 5.32 Å². The first-order chi connectivity index (χ1) is 11.0. The highest BCUT2D eigenvalue weighted by Crippen LogP contribution is 2.28. The van der Waals surface area contributed by atoms with Gasteiger partial charge in [0.2, 0.25) is 5.91 Å². The van der Waals surface area contributed by atoms with E-state index >= 15 is 0 Å². The summed E-state index contributed by atoms with van der Waals surface area (Å²) in [6.07, 6.45) is 2.50. The monoisotopic (exact) mass is 318 g/mol. The van der Waals surface area contributed by atoms with Crippen molar-refractivity contribution in [2.75, 3.05) is 24.6 Å². The predicted octanol–water partition coefficient (Wildman–Crippen LogP) is 1.67. The van der Waals surface area contributed by atoms with Crippen LogP contribution in [0, 0.1) is 0 Å². The molecule has 1 N–H and O–H groups in total. The molecule has 0 spiro atoms. The molecule has 6 nitrogen and oxygen atoms in total. The van der Waals surface area contributed by atoms with Gasteiger partial charge in [-0.3, -0.25) is 14.4 Å². The maximum absolute atomic E-state index is 12.1. The molecule has 1 heterocycles. The molecule has 0 unspecified atom stereocenters. The molecule has 0 saturated heterocycles. The van der Waals surface area contributed by atoms with Crippen molar-refractivity contribution in [2.45, 2.75) is 33.1 Å². The summed E-state index contributed by atoms with van der Waals surface area (Å²) in [4.78, 5) is 36.8. The number of fused-ring (bicyclic) bond motifs is 1. The molecule has 0 saturated carbocycles. The number of nitrogens with zero attached hydrogens (tertiary/aromatic N) is 1. The predicted molar refractivity (Wildman–Crippen MR) is 86.4 cm³/mol. The van der Waals surface area contributed by atoms with Crippen molar-refractivity contribution in [3.63, 3.8) is 0 Å². The number of carbonyl (C=O) groups excluding carboxylic acids is 3. The van der Waals surface area contributed by atoms with Crippen LogP contribution < -0.4 is 10.2 Å². The van der Waals surface area contributed by atoms with Gasteiger partial charge in [-0.15, -0.1) is 0 Å². The maximum atomic E-state index is 12.1. The number of hydrogen-bond acceptors (Lipinski definition) is 4. The summed E-state index contributed by atoms with van der Waals surface area (Å²) in [6, 6.07) is 5.21. The largest absolute Gasteiger partial charge is 0.464 e. The zero-order chi connectivity index (χ0) is 16.8. The number of anilines is 1. The van der Waals surface area contributed by atoms with Crippen LogP contribution in [0.4, 0.5) is 5.69 Å². The summed E-state index contributed by atoms with van der Waals surface area (Å²) in [5, 5.41) is 2.56. The van der Waals surface area contributed by atoms with Gasteiger partial charge in [0, 0.05) is 24.7 Å². The van der Waals surface area contributed by atoms with E-state index in [1.807, 2.05) is 6.92 Å². The smallest absolute Gasteiger partial charge is 0.325 e. The maximum Gasteiger partial charge on any atom is 0.325 e. The molecule has 6 heteroatoms. The van der Waals surface area contributed by atoms with Gasteiger partial charge in [0.1, 0.15) is 6.54 Å². The summed E-state index contributed by atoms with van der Waals surface area (Å²) in [6.45, 7) is 4.42. The molecular weight excluding hydrogens is 296 g/mol. The van der Waals surface area contributed by atoms with Crippen molar-refractivity contribution >= 4 is 23.5 Å². The van der Waals surface area contributed by atoms with Crippen molar-refractivity contribution in [1.29, 1.82) is 0 Å². The van der Waals surface area contributed by atoms with Gasteiger partial charge in [0.15, 0.2) is 0 Å². The topological polar surface area (TPSA) is 75.7 Å². The average molecular weight is 318 g/mol. The Kier molecular flexibility index (Phi) is 5.73. The highest BCUT2D eigenvalue weighted by Gasteiger charge is 2.23. The number of hydrogen-bond donors (Lipinski definition) is 1. The van der Waals surface area contributed by atoms with Crippen molar-refractivity contribution in [3.05, 3.63) is 29.3 Å². The second-order valence-electron chi connectivity index (χ2n) is 5.52. The third-order valence-electron chi connectivity index (χ3n) is 3.77. The lowest BCUT2D eigenvalue weighted by atomic mass is 10.1. The molecule has 1 aliphatic rings. The zero-order valence-electron chi connectivity index (χ0n) is 13.6. The summed E-state index contributed by atoms with van der Waals surface area (Å²) in [5.74, 6) is -0.756. The average Bonchev–Trinajstić information content (AvgIpc) is 2.96. The number of benzene rings is 1. The van der Waals surface area contributed by atoms with Gasteiger partial charge in [-0.2, -0.15) is 0 Å². The van der Waals surface area contributed by atoms with E-state index in [0.717, 1.165) is 30.5 Å². The third kappa shape index (κ3) is 4.31. The molecule has 0 aromatic heterocycles. The van der Waals surface area contributed by atoms with Gasteiger partial charge < -0.3 is 15.0 Å². The van der Waals surface area contributed by atoms with Crippen LogP contribution in [0.15, 0.2) is 18.2 Å². The molecule has 124 valence electrons. The molecule has 1 aromatic rings. The molecule has 0 bridgehead atoms. The minimum atomic E-state index is -0.435. The Bertz CT molecular complexity index is 613. The minimum Gasteiger partial charge on any atom is -0.464 e. The quantitative estimate of drug-likeness (QED) is 0.639. The highest BCUT2D eigenvalue weighted by atomic mass is 16.5. The number of amides is 2. The lowest BCUT2D eigenvalue weighted by Gasteiger charge is -2.14. The number of unbranched alkanes of at least 4 members (excludes halogenated alkanes) is 1. The van der Waals surface area contributed by atoms with Gasteiger partial charge in [-0.25, -0.2) is 0 Å². The van der Waals surface area contributed by atoms with Crippen LogP contribution >= 0.6 is 0 Å². The van der Waals surface area contributed by atoms with E-state index in [0.29, 0.717) is 18.7 Å². The van der Waals surface area contributed by atoms with E-state index in [4.69, 9.17) is 4.74 Å². The Labute approximate surface area is 135 Å².